The van der Waals surface area contributed by atoms with E-state index < -0.39 is 17.0 Å². The molecule has 3 N–H and O–H groups in total. The Balaban J connectivity index is 2.51. The molecule has 106 valence electrons. The van der Waals surface area contributed by atoms with E-state index in [4.69, 9.17) is 14.7 Å². The quantitative estimate of drug-likeness (QED) is 0.798. The molecule has 0 aliphatic carbocycles. The fraction of sp³-hybridized carbons (Fsp3) is 0.250. The first-order valence-electron chi connectivity index (χ1n) is 5.84. The van der Waals surface area contributed by atoms with E-state index in [1.807, 2.05) is 6.92 Å². The summed E-state index contributed by atoms with van der Waals surface area (Å²) in [5, 5.41) is 7.68. The van der Waals surface area contributed by atoms with Crippen molar-refractivity contribution in [3.8, 4) is 11.5 Å². The summed E-state index contributed by atoms with van der Waals surface area (Å²) >= 11 is -1.98. The average Bonchev–Trinajstić information content (AvgIpc) is 2.86. The molecule has 8 heteroatoms. The molecule has 0 aliphatic rings. The van der Waals surface area contributed by atoms with Crippen molar-refractivity contribution in [1.82, 2.24) is 10.2 Å². The van der Waals surface area contributed by atoms with Crippen molar-refractivity contribution in [2.45, 2.75) is 19.1 Å². The molecule has 7 nitrogen and oxygen atoms in total. The molecule has 1 aromatic heterocycles. The van der Waals surface area contributed by atoms with Crippen LogP contribution in [0.25, 0.3) is 11.5 Å². The normalized spacial score (nSPS) is 12.3. The zero-order valence-electron chi connectivity index (χ0n) is 10.7. The summed E-state index contributed by atoms with van der Waals surface area (Å²) in [5.74, 6) is -0.0819. The topological polar surface area (TPSA) is 119 Å². The van der Waals surface area contributed by atoms with Gasteiger partial charge in [0.25, 0.3) is 0 Å². The molecule has 2 rings (SSSR count). The zero-order chi connectivity index (χ0) is 14.7. The van der Waals surface area contributed by atoms with Gasteiger partial charge in [0.2, 0.25) is 17.7 Å². The number of benzene rings is 1. The summed E-state index contributed by atoms with van der Waals surface area (Å²) in [5.41, 5.74) is 6.47. The molecular formula is C12H13N3O4S. The SMILES string of the molecule is CCc1nnc(-c2cc(CS(=O)O)ccc2C(N)=O)o1. The lowest BCUT2D eigenvalue weighted by Crippen LogP contribution is -2.13. The lowest BCUT2D eigenvalue weighted by atomic mass is 10.0. The average molecular weight is 295 g/mol. The number of carbonyl (C=O) groups excluding carboxylic acids is 1. The van der Waals surface area contributed by atoms with Gasteiger partial charge in [0, 0.05) is 6.42 Å². The van der Waals surface area contributed by atoms with Gasteiger partial charge >= 0.3 is 0 Å². The standard InChI is InChI=1S/C12H13N3O4S/c1-2-10-14-15-12(19-10)9-5-7(6-20(17)18)3-4-8(9)11(13)16/h3-5H,2,6H2,1H3,(H2,13,16)(H,17,18). The van der Waals surface area contributed by atoms with Gasteiger partial charge in [0.1, 0.15) is 0 Å². The Morgan fingerprint density at radius 1 is 1.45 bits per heavy atom. The molecule has 1 atom stereocenters. The predicted octanol–water partition coefficient (Wildman–Crippen LogP) is 1.12. The van der Waals surface area contributed by atoms with Gasteiger partial charge < -0.3 is 14.7 Å². The second kappa shape index (κ2) is 5.93. The Morgan fingerprint density at radius 2 is 2.20 bits per heavy atom. The Hall–Kier alpha value is -2.06. The van der Waals surface area contributed by atoms with Gasteiger partial charge in [-0.1, -0.05) is 13.0 Å². The number of hydrogen-bond acceptors (Lipinski definition) is 5. The molecule has 0 fully saturated rings. The van der Waals surface area contributed by atoms with Gasteiger partial charge in [-0.15, -0.1) is 10.2 Å². The summed E-state index contributed by atoms with van der Waals surface area (Å²) < 4.78 is 25.2. The fourth-order valence-corrected chi connectivity index (χ4v) is 2.19. The van der Waals surface area contributed by atoms with Crippen LogP contribution in [-0.4, -0.2) is 24.9 Å². The molecule has 0 bridgehead atoms. The van der Waals surface area contributed by atoms with E-state index in [9.17, 15) is 9.00 Å². The van der Waals surface area contributed by atoms with E-state index in [-0.39, 0.29) is 17.2 Å². The van der Waals surface area contributed by atoms with Gasteiger partial charge in [-0.25, -0.2) is 4.21 Å². The number of carbonyl (C=O) groups is 1. The van der Waals surface area contributed by atoms with Crippen molar-refractivity contribution in [2.24, 2.45) is 5.73 Å². The minimum atomic E-state index is -1.98. The molecule has 0 saturated heterocycles. The highest BCUT2D eigenvalue weighted by molar-refractivity contribution is 7.78. The van der Waals surface area contributed by atoms with Crippen LogP contribution in [0.4, 0.5) is 0 Å². The lowest BCUT2D eigenvalue weighted by molar-refractivity contribution is 0.100. The molecule has 20 heavy (non-hydrogen) atoms. The Kier molecular flexibility index (Phi) is 4.26. The number of amides is 1. The summed E-state index contributed by atoms with van der Waals surface area (Å²) in [6, 6.07) is 4.60. The van der Waals surface area contributed by atoms with Crippen LogP contribution in [0.1, 0.15) is 28.7 Å². The van der Waals surface area contributed by atoms with E-state index in [1.54, 1.807) is 12.1 Å². The maximum absolute atomic E-state index is 11.4. The summed E-state index contributed by atoms with van der Waals surface area (Å²) in [6.45, 7) is 1.86. The maximum Gasteiger partial charge on any atom is 0.249 e. The first-order valence-corrected chi connectivity index (χ1v) is 7.11. The molecule has 1 amide bonds. The van der Waals surface area contributed by atoms with E-state index in [2.05, 4.69) is 10.2 Å². The van der Waals surface area contributed by atoms with Crippen LogP contribution in [0.2, 0.25) is 0 Å². The Bertz CT molecular complexity index is 668. The summed E-state index contributed by atoms with van der Waals surface area (Å²) in [4.78, 5) is 11.4. The van der Waals surface area contributed by atoms with Crippen LogP contribution in [0, 0.1) is 0 Å². The Morgan fingerprint density at radius 3 is 2.75 bits per heavy atom. The van der Waals surface area contributed by atoms with Crippen LogP contribution >= 0.6 is 0 Å². The minimum Gasteiger partial charge on any atom is -0.421 e. The summed E-state index contributed by atoms with van der Waals surface area (Å²) in [7, 11) is 0. The number of primary amides is 1. The number of nitrogens with zero attached hydrogens (tertiary/aromatic N) is 2. The van der Waals surface area contributed by atoms with Crippen molar-refractivity contribution < 1.29 is 18.0 Å². The van der Waals surface area contributed by atoms with Gasteiger partial charge in [0.05, 0.1) is 16.9 Å². The van der Waals surface area contributed by atoms with E-state index >= 15 is 0 Å². The fourth-order valence-electron chi connectivity index (χ4n) is 1.72. The third-order valence-corrected chi connectivity index (χ3v) is 3.22. The second-order valence-corrected chi connectivity index (χ2v) is 5.00. The van der Waals surface area contributed by atoms with Crippen molar-refractivity contribution in [3.05, 3.63) is 35.2 Å². The maximum atomic E-state index is 11.4. The molecule has 1 heterocycles. The number of nitrogens with two attached hydrogens (primary N) is 1. The van der Waals surface area contributed by atoms with Gasteiger partial charge in [-0.2, -0.15) is 0 Å². The number of rotatable bonds is 5. The summed E-state index contributed by atoms with van der Waals surface area (Å²) in [6.07, 6.45) is 0.569. The van der Waals surface area contributed by atoms with E-state index in [0.29, 0.717) is 23.4 Å². The van der Waals surface area contributed by atoms with Crippen molar-refractivity contribution in [3.63, 3.8) is 0 Å². The molecule has 1 aromatic carbocycles. The smallest absolute Gasteiger partial charge is 0.249 e. The number of aryl methyl sites for hydroxylation is 1. The largest absolute Gasteiger partial charge is 0.421 e. The molecule has 1 unspecified atom stereocenters. The van der Waals surface area contributed by atoms with Gasteiger partial charge in [0.15, 0.2) is 11.1 Å². The van der Waals surface area contributed by atoms with Crippen molar-refractivity contribution >= 4 is 17.0 Å². The monoisotopic (exact) mass is 295 g/mol. The third-order valence-electron chi connectivity index (χ3n) is 2.64. The van der Waals surface area contributed by atoms with Crippen LogP contribution < -0.4 is 5.73 Å². The number of hydrogen-bond donors (Lipinski definition) is 2. The lowest BCUT2D eigenvalue weighted by Gasteiger charge is -2.05. The zero-order valence-corrected chi connectivity index (χ0v) is 11.5. The van der Waals surface area contributed by atoms with Gasteiger partial charge in [-0.05, 0) is 17.7 Å². The van der Waals surface area contributed by atoms with Crippen LogP contribution in [-0.2, 0) is 23.3 Å². The first-order chi connectivity index (χ1) is 9.51. The second-order valence-electron chi connectivity index (χ2n) is 4.06. The minimum absolute atomic E-state index is 0.0547. The Labute approximate surface area is 117 Å². The van der Waals surface area contributed by atoms with Gasteiger partial charge in [-0.3, -0.25) is 4.79 Å². The highest BCUT2D eigenvalue weighted by atomic mass is 32.2. The third kappa shape index (κ3) is 3.09. The molecule has 0 saturated carbocycles. The molecule has 0 spiro atoms. The van der Waals surface area contributed by atoms with Crippen molar-refractivity contribution in [2.75, 3.05) is 0 Å². The highest BCUT2D eigenvalue weighted by Gasteiger charge is 2.16. The first kappa shape index (κ1) is 14.4. The molecular weight excluding hydrogens is 282 g/mol. The van der Waals surface area contributed by atoms with Crippen molar-refractivity contribution in [1.29, 1.82) is 0 Å². The highest BCUT2D eigenvalue weighted by Crippen LogP contribution is 2.24. The predicted molar refractivity (Wildman–Crippen MR) is 72.1 cm³/mol. The molecule has 2 aromatic rings. The van der Waals surface area contributed by atoms with E-state index in [0.717, 1.165) is 0 Å². The van der Waals surface area contributed by atoms with Crippen LogP contribution in [0.15, 0.2) is 22.6 Å². The number of aromatic nitrogens is 2. The van der Waals surface area contributed by atoms with E-state index in [1.165, 1.54) is 6.07 Å². The van der Waals surface area contributed by atoms with Crippen LogP contribution in [0.3, 0.4) is 0 Å². The molecule has 0 radical (unpaired) electrons. The molecule has 0 aliphatic heterocycles. The van der Waals surface area contributed by atoms with Crippen LogP contribution in [0.5, 0.6) is 0 Å².